The number of ether oxygens (including phenoxy) is 1. The predicted octanol–water partition coefficient (Wildman–Crippen LogP) is 5.62. The number of hydrogen-bond acceptors (Lipinski definition) is 2. The first-order valence-corrected chi connectivity index (χ1v) is 7.99. The molecule has 3 aromatic carbocycles. The molecule has 0 amide bonds. The van der Waals surface area contributed by atoms with E-state index in [0.29, 0.717) is 5.56 Å². The molecule has 0 N–H and O–H groups in total. The highest BCUT2D eigenvalue weighted by Crippen LogP contribution is 2.33. The third kappa shape index (κ3) is 3.38. The molecule has 0 aliphatic rings. The van der Waals surface area contributed by atoms with Gasteiger partial charge in [0, 0.05) is 11.0 Å². The third-order valence-corrected chi connectivity index (χ3v) is 4.32. The summed E-state index contributed by atoms with van der Waals surface area (Å²) in [5, 5.41) is 0. The van der Waals surface area contributed by atoms with Crippen molar-refractivity contribution in [2.45, 2.75) is 19.3 Å². The zero-order valence-electron chi connectivity index (χ0n) is 13.9. The van der Waals surface area contributed by atoms with Gasteiger partial charge >= 0.3 is 0 Å². The minimum atomic E-state index is -0.0641. The van der Waals surface area contributed by atoms with Gasteiger partial charge in [-0.15, -0.1) is 0 Å². The van der Waals surface area contributed by atoms with Crippen molar-refractivity contribution in [2.75, 3.05) is 0 Å². The molecule has 120 valence electrons. The molecule has 0 unspecified atom stereocenters. The Morgan fingerprint density at radius 2 is 1.21 bits per heavy atom. The average molecular weight is 316 g/mol. The van der Waals surface area contributed by atoms with Gasteiger partial charge in [0.1, 0.15) is 17.8 Å². The van der Waals surface area contributed by atoms with Crippen LogP contribution in [0.3, 0.4) is 0 Å². The number of benzene rings is 3. The van der Waals surface area contributed by atoms with Crippen molar-refractivity contribution in [3.8, 4) is 11.5 Å². The van der Waals surface area contributed by atoms with Crippen molar-refractivity contribution in [3.05, 3.63) is 95.6 Å². The highest BCUT2D eigenvalue weighted by molar-refractivity contribution is 5.74. The quantitative estimate of drug-likeness (QED) is 0.571. The number of carbonyl (C=O) groups excluding carboxylic acids is 1. The monoisotopic (exact) mass is 316 g/mol. The maximum absolute atomic E-state index is 10.7. The van der Waals surface area contributed by atoms with E-state index >= 15 is 0 Å². The normalized spacial score (nSPS) is 11.1. The summed E-state index contributed by atoms with van der Waals surface area (Å²) in [6.07, 6.45) is 0.824. The van der Waals surface area contributed by atoms with Crippen LogP contribution in [0.25, 0.3) is 0 Å². The lowest BCUT2D eigenvalue weighted by molar-refractivity contribution is 0.112. The summed E-state index contributed by atoms with van der Waals surface area (Å²) in [5.41, 5.74) is 3.09. The third-order valence-electron chi connectivity index (χ3n) is 4.32. The SMILES string of the molecule is CC(C)(c1ccccc1)c1ccc(Oc2ccc(C=O)cc2)cc1. The molecule has 0 atom stereocenters. The second-order valence-corrected chi connectivity index (χ2v) is 6.30. The van der Waals surface area contributed by atoms with Crippen LogP contribution in [0.1, 0.15) is 35.3 Å². The maximum atomic E-state index is 10.7. The highest BCUT2D eigenvalue weighted by atomic mass is 16.5. The van der Waals surface area contributed by atoms with Crippen LogP contribution in [-0.2, 0) is 5.41 Å². The number of carbonyl (C=O) groups is 1. The first-order chi connectivity index (χ1) is 11.6. The smallest absolute Gasteiger partial charge is 0.150 e. The van der Waals surface area contributed by atoms with Gasteiger partial charge in [-0.2, -0.15) is 0 Å². The van der Waals surface area contributed by atoms with Crippen LogP contribution in [0.2, 0.25) is 0 Å². The zero-order valence-corrected chi connectivity index (χ0v) is 13.9. The van der Waals surface area contributed by atoms with E-state index in [0.717, 1.165) is 17.8 Å². The summed E-state index contributed by atoms with van der Waals surface area (Å²) in [5.74, 6) is 1.50. The molecule has 0 bridgehead atoms. The molecule has 24 heavy (non-hydrogen) atoms. The first kappa shape index (κ1) is 16.0. The van der Waals surface area contributed by atoms with Crippen LogP contribution < -0.4 is 4.74 Å². The van der Waals surface area contributed by atoms with Gasteiger partial charge in [0.2, 0.25) is 0 Å². The maximum Gasteiger partial charge on any atom is 0.150 e. The fourth-order valence-corrected chi connectivity index (χ4v) is 2.71. The van der Waals surface area contributed by atoms with E-state index in [2.05, 4.69) is 50.2 Å². The molecule has 0 saturated heterocycles. The summed E-state index contributed by atoms with van der Waals surface area (Å²) in [6.45, 7) is 4.44. The van der Waals surface area contributed by atoms with Gasteiger partial charge < -0.3 is 4.74 Å². The van der Waals surface area contributed by atoms with Gasteiger partial charge in [-0.05, 0) is 47.5 Å². The Kier molecular flexibility index (Phi) is 4.48. The summed E-state index contributed by atoms with van der Waals surface area (Å²) >= 11 is 0. The molecule has 2 heteroatoms. The molecule has 3 aromatic rings. The second kappa shape index (κ2) is 6.71. The number of rotatable bonds is 5. The molecular formula is C22H20O2. The van der Waals surface area contributed by atoms with E-state index in [-0.39, 0.29) is 5.41 Å². The van der Waals surface area contributed by atoms with E-state index in [9.17, 15) is 4.79 Å². The van der Waals surface area contributed by atoms with Crippen LogP contribution in [-0.4, -0.2) is 6.29 Å². The second-order valence-electron chi connectivity index (χ2n) is 6.30. The van der Waals surface area contributed by atoms with E-state index < -0.39 is 0 Å². The lowest BCUT2D eigenvalue weighted by atomic mass is 9.78. The molecule has 0 aliphatic carbocycles. The lowest BCUT2D eigenvalue weighted by Crippen LogP contribution is -2.18. The molecule has 0 radical (unpaired) electrons. The van der Waals surface area contributed by atoms with Crippen molar-refractivity contribution in [2.24, 2.45) is 0 Å². The van der Waals surface area contributed by atoms with Crippen LogP contribution in [0.15, 0.2) is 78.9 Å². The molecule has 0 spiro atoms. The molecule has 0 fully saturated rings. The minimum absolute atomic E-state index is 0.0641. The van der Waals surface area contributed by atoms with Gasteiger partial charge in [0.15, 0.2) is 0 Å². The first-order valence-electron chi connectivity index (χ1n) is 7.99. The van der Waals surface area contributed by atoms with Crippen molar-refractivity contribution >= 4 is 6.29 Å². The van der Waals surface area contributed by atoms with Crippen molar-refractivity contribution in [1.82, 2.24) is 0 Å². The minimum Gasteiger partial charge on any atom is -0.457 e. The Bertz CT molecular complexity index is 801. The van der Waals surface area contributed by atoms with E-state index in [1.807, 2.05) is 18.2 Å². The molecule has 0 saturated carbocycles. The fourth-order valence-electron chi connectivity index (χ4n) is 2.71. The Morgan fingerprint density at radius 1 is 0.708 bits per heavy atom. The molecule has 0 aromatic heterocycles. The van der Waals surface area contributed by atoms with Crippen LogP contribution >= 0.6 is 0 Å². The van der Waals surface area contributed by atoms with Crippen molar-refractivity contribution < 1.29 is 9.53 Å². The fraction of sp³-hybridized carbons (Fsp3) is 0.136. The lowest BCUT2D eigenvalue weighted by Gasteiger charge is -2.26. The van der Waals surface area contributed by atoms with E-state index in [4.69, 9.17) is 4.74 Å². The predicted molar refractivity (Wildman–Crippen MR) is 96.9 cm³/mol. The Labute approximate surface area is 142 Å². The topological polar surface area (TPSA) is 26.3 Å². The summed E-state index contributed by atoms with van der Waals surface area (Å²) in [7, 11) is 0. The number of hydrogen-bond donors (Lipinski definition) is 0. The Morgan fingerprint density at radius 3 is 1.75 bits per heavy atom. The average Bonchev–Trinajstić information content (AvgIpc) is 2.63. The van der Waals surface area contributed by atoms with Crippen LogP contribution in [0, 0.1) is 0 Å². The molecule has 2 nitrogen and oxygen atoms in total. The van der Waals surface area contributed by atoms with Crippen LogP contribution in [0.5, 0.6) is 11.5 Å². The van der Waals surface area contributed by atoms with E-state index in [1.165, 1.54) is 11.1 Å². The summed E-state index contributed by atoms with van der Waals surface area (Å²) in [4.78, 5) is 10.7. The van der Waals surface area contributed by atoms with Crippen molar-refractivity contribution in [1.29, 1.82) is 0 Å². The van der Waals surface area contributed by atoms with Gasteiger partial charge in [-0.3, -0.25) is 4.79 Å². The number of aldehydes is 1. The molecular weight excluding hydrogens is 296 g/mol. The molecule has 3 rings (SSSR count). The molecule has 0 heterocycles. The zero-order chi connectivity index (χ0) is 17.0. The van der Waals surface area contributed by atoms with E-state index in [1.54, 1.807) is 24.3 Å². The highest BCUT2D eigenvalue weighted by Gasteiger charge is 2.22. The summed E-state index contributed by atoms with van der Waals surface area (Å²) in [6, 6.07) is 25.7. The van der Waals surface area contributed by atoms with Crippen molar-refractivity contribution in [3.63, 3.8) is 0 Å². The molecule has 0 aliphatic heterocycles. The standard InChI is InChI=1S/C22H20O2/c1-22(2,18-6-4-3-5-7-18)19-10-14-21(15-11-19)24-20-12-8-17(16-23)9-13-20/h3-16H,1-2H3. The Hall–Kier alpha value is -2.87. The van der Waals surface area contributed by atoms with Gasteiger partial charge in [-0.25, -0.2) is 0 Å². The van der Waals surface area contributed by atoms with Gasteiger partial charge in [0.25, 0.3) is 0 Å². The largest absolute Gasteiger partial charge is 0.457 e. The summed E-state index contributed by atoms with van der Waals surface area (Å²) < 4.78 is 5.84. The van der Waals surface area contributed by atoms with Gasteiger partial charge in [0.05, 0.1) is 0 Å². The van der Waals surface area contributed by atoms with Crippen LogP contribution in [0.4, 0.5) is 0 Å². The Balaban J connectivity index is 1.78. The van der Waals surface area contributed by atoms with Gasteiger partial charge in [-0.1, -0.05) is 56.3 Å².